The van der Waals surface area contributed by atoms with Gasteiger partial charge in [-0.2, -0.15) is 0 Å². The van der Waals surface area contributed by atoms with Gasteiger partial charge in [0.2, 0.25) is 0 Å². The smallest absolute Gasteiger partial charge is 0.0201 e. The molecule has 0 nitrogen and oxygen atoms in total. The van der Waals surface area contributed by atoms with Crippen LogP contribution in [0.15, 0.2) is 0 Å². The molecule has 0 amide bonds. The molecule has 1 heteroatoms. The number of hydrogen-bond donors (Lipinski definition) is 0. The highest BCUT2D eigenvalue weighted by molar-refractivity contribution is 7.65. The van der Waals surface area contributed by atoms with Crippen LogP contribution < -0.4 is 0 Å². The van der Waals surface area contributed by atoms with Crippen molar-refractivity contribution < 1.29 is 0 Å². The second kappa shape index (κ2) is 0.944. The Morgan fingerprint density at radius 1 is 1.80 bits per heavy atom. The Bertz CT molecular complexity index is 36.9. The second-order valence-electron chi connectivity index (χ2n) is 1.79. The third kappa shape index (κ3) is 0.633. The number of hydrogen-bond acceptors (Lipinski definition) is 0. The zero-order chi connectivity index (χ0) is 3.86. The first-order valence-electron chi connectivity index (χ1n) is 2.01. The summed E-state index contributed by atoms with van der Waals surface area (Å²) in [5, 5.41) is 0. The normalized spacial score (nSPS) is 49.2. The highest BCUT2D eigenvalue weighted by Gasteiger charge is 2.25. The minimum Gasteiger partial charge on any atom is -0.106 e. The summed E-state index contributed by atoms with van der Waals surface area (Å²) >= 11 is 0. The van der Waals surface area contributed by atoms with Gasteiger partial charge in [-0.25, -0.2) is 0 Å². The summed E-state index contributed by atoms with van der Waals surface area (Å²) in [6.45, 7) is 4.69. The van der Waals surface area contributed by atoms with Crippen LogP contribution >= 0.6 is 7.92 Å². The van der Waals surface area contributed by atoms with E-state index in [2.05, 4.69) is 13.6 Å². The van der Waals surface area contributed by atoms with E-state index < -0.39 is 0 Å². The number of rotatable bonds is 0. The molecule has 0 aromatic carbocycles. The van der Waals surface area contributed by atoms with Crippen molar-refractivity contribution in [1.29, 1.82) is 0 Å². The Hall–Kier alpha value is 0.430. The highest BCUT2D eigenvalue weighted by atomic mass is 31.1. The van der Waals surface area contributed by atoms with Gasteiger partial charge in [0.1, 0.15) is 0 Å². The highest BCUT2D eigenvalue weighted by Crippen LogP contribution is 2.54. The summed E-state index contributed by atoms with van der Waals surface area (Å²) in [6, 6.07) is 0. The van der Waals surface area contributed by atoms with E-state index in [9.17, 15) is 0 Å². The first-order chi connectivity index (χ1) is 2.30. The van der Waals surface area contributed by atoms with Gasteiger partial charge in [-0.1, -0.05) is 6.92 Å². The molecular formula is C4H9P. The van der Waals surface area contributed by atoms with Crippen LogP contribution in [0.4, 0.5) is 0 Å². The maximum Gasteiger partial charge on any atom is -0.0201 e. The fourth-order valence-corrected chi connectivity index (χ4v) is 1.60. The lowest BCUT2D eigenvalue weighted by molar-refractivity contribution is 1.25. The topological polar surface area (TPSA) is 0 Å². The minimum absolute atomic E-state index is 0.568. The third-order valence-electron chi connectivity index (χ3n) is 1.17. The lowest BCUT2D eigenvalue weighted by atomic mass is 10.6. The van der Waals surface area contributed by atoms with Crippen molar-refractivity contribution in [3.05, 3.63) is 0 Å². The predicted octanol–water partition coefficient (Wildman–Crippen LogP) is 1.50. The lowest BCUT2D eigenvalue weighted by Crippen LogP contribution is -1.58. The molecule has 5 heavy (non-hydrogen) atoms. The molecule has 0 aromatic heterocycles. The molecule has 1 fully saturated rings. The quantitative estimate of drug-likeness (QED) is 0.393. The van der Waals surface area contributed by atoms with Crippen LogP contribution in [0, 0.1) is 0 Å². The Kier molecular flexibility index (Phi) is 0.682. The standard InChI is InChI=1S/C4H9P/c1-4-3-5(4)2/h4H,3H2,1-2H3. The molecular weight excluding hydrogens is 79.0 g/mol. The van der Waals surface area contributed by atoms with E-state index in [-0.39, 0.29) is 0 Å². The van der Waals surface area contributed by atoms with Crippen molar-refractivity contribution in [3.63, 3.8) is 0 Å². The summed E-state index contributed by atoms with van der Waals surface area (Å²) in [5.74, 6) is 0. The molecule has 1 rings (SSSR count). The zero-order valence-electron chi connectivity index (χ0n) is 3.73. The van der Waals surface area contributed by atoms with Crippen molar-refractivity contribution in [1.82, 2.24) is 0 Å². The Morgan fingerprint density at radius 2 is 2.00 bits per heavy atom. The van der Waals surface area contributed by atoms with Crippen molar-refractivity contribution in [2.45, 2.75) is 12.6 Å². The molecule has 1 saturated heterocycles. The van der Waals surface area contributed by atoms with Crippen molar-refractivity contribution in [2.75, 3.05) is 12.8 Å². The van der Waals surface area contributed by atoms with Gasteiger partial charge < -0.3 is 0 Å². The van der Waals surface area contributed by atoms with Gasteiger partial charge in [-0.05, 0) is 18.5 Å². The van der Waals surface area contributed by atoms with Crippen molar-refractivity contribution in [3.8, 4) is 0 Å². The van der Waals surface area contributed by atoms with E-state index in [0.717, 1.165) is 5.66 Å². The van der Waals surface area contributed by atoms with Crippen LogP contribution in [0.1, 0.15) is 6.92 Å². The molecule has 1 heterocycles. The SMILES string of the molecule is CC1CP1C. The Balaban J connectivity index is 2.20. The van der Waals surface area contributed by atoms with Crippen LogP contribution in [0.2, 0.25) is 0 Å². The summed E-state index contributed by atoms with van der Waals surface area (Å²) in [6.07, 6.45) is 1.54. The van der Waals surface area contributed by atoms with Crippen LogP contribution in [0.25, 0.3) is 0 Å². The molecule has 1 aliphatic heterocycles. The monoisotopic (exact) mass is 88.0 g/mol. The molecule has 0 aliphatic carbocycles. The van der Waals surface area contributed by atoms with Gasteiger partial charge in [-0.3, -0.25) is 0 Å². The second-order valence-corrected chi connectivity index (χ2v) is 4.55. The first kappa shape index (κ1) is 3.61. The summed E-state index contributed by atoms with van der Waals surface area (Å²) in [5.41, 5.74) is 1.12. The van der Waals surface area contributed by atoms with E-state index in [1.807, 2.05) is 0 Å². The van der Waals surface area contributed by atoms with E-state index in [4.69, 9.17) is 0 Å². The zero-order valence-corrected chi connectivity index (χ0v) is 4.63. The molecule has 0 N–H and O–H groups in total. The molecule has 2 atom stereocenters. The lowest BCUT2D eigenvalue weighted by Gasteiger charge is -1.68. The fraction of sp³-hybridized carbons (Fsp3) is 1.00. The van der Waals surface area contributed by atoms with Crippen LogP contribution in [0.3, 0.4) is 0 Å². The molecule has 1 aliphatic rings. The van der Waals surface area contributed by atoms with Gasteiger partial charge in [0.05, 0.1) is 0 Å². The fourth-order valence-electron chi connectivity index (χ4n) is 0.370. The maximum atomic E-state index is 2.36. The van der Waals surface area contributed by atoms with Gasteiger partial charge in [-0.15, -0.1) is 7.92 Å². The van der Waals surface area contributed by atoms with Gasteiger partial charge in [0, 0.05) is 0 Å². The van der Waals surface area contributed by atoms with Crippen LogP contribution in [0.5, 0.6) is 0 Å². The van der Waals surface area contributed by atoms with Gasteiger partial charge in [0.25, 0.3) is 0 Å². The van der Waals surface area contributed by atoms with Crippen molar-refractivity contribution >= 4 is 7.92 Å². The predicted molar refractivity (Wildman–Crippen MR) is 27.2 cm³/mol. The average Bonchev–Trinajstić information content (AvgIpc) is 1.79. The van der Waals surface area contributed by atoms with E-state index in [1.54, 1.807) is 0 Å². The largest absolute Gasteiger partial charge is 0.106 e. The molecule has 2 unspecified atom stereocenters. The Morgan fingerprint density at radius 3 is 2.00 bits per heavy atom. The molecule has 0 radical (unpaired) electrons. The molecule has 0 saturated carbocycles. The summed E-state index contributed by atoms with van der Waals surface area (Å²) in [4.78, 5) is 0. The van der Waals surface area contributed by atoms with E-state index in [1.165, 1.54) is 6.16 Å². The Labute approximate surface area is 34.3 Å². The molecule has 30 valence electrons. The van der Waals surface area contributed by atoms with Crippen LogP contribution in [-0.2, 0) is 0 Å². The average molecular weight is 88.1 g/mol. The van der Waals surface area contributed by atoms with E-state index in [0.29, 0.717) is 7.92 Å². The maximum absolute atomic E-state index is 2.36. The molecule has 0 bridgehead atoms. The summed E-state index contributed by atoms with van der Waals surface area (Å²) in [7, 11) is 0.568. The van der Waals surface area contributed by atoms with Crippen LogP contribution in [-0.4, -0.2) is 18.5 Å². The van der Waals surface area contributed by atoms with E-state index >= 15 is 0 Å². The van der Waals surface area contributed by atoms with Crippen molar-refractivity contribution in [2.24, 2.45) is 0 Å². The molecule has 0 spiro atoms. The first-order valence-corrected chi connectivity index (χ1v) is 4.05. The molecule has 0 aromatic rings. The summed E-state index contributed by atoms with van der Waals surface area (Å²) < 4.78 is 0. The van der Waals surface area contributed by atoms with Gasteiger partial charge >= 0.3 is 0 Å². The third-order valence-corrected chi connectivity index (χ3v) is 3.51. The van der Waals surface area contributed by atoms with Gasteiger partial charge in [0.15, 0.2) is 0 Å². The minimum atomic E-state index is 0.568.